The number of nitrogens with two attached hydrogens (primary N) is 1. The molecule has 0 bridgehead atoms. The lowest BCUT2D eigenvalue weighted by atomic mass is 10.3. The average Bonchev–Trinajstić information content (AvgIpc) is 2.49. The van der Waals surface area contributed by atoms with Gasteiger partial charge in [0.1, 0.15) is 5.69 Å². The molecule has 0 saturated heterocycles. The Kier molecular flexibility index (Phi) is 3.31. The number of aromatic nitrogens is 2. The van der Waals surface area contributed by atoms with Gasteiger partial charge in [-0.15, -0.1) is 0 Å². The molecule has 0 aliphatic carbocycles. The van der Waals surface area contributed by atoms with E-state index in [1.807, 2.05) is 31.2 Å². The molecule has 5 heteroatoms. The first-order valence-corrected chi connectivity index (χ1v) is 6.52. The largest absolute Gasteiger partial charge is 0.493 e. The van der Waals surface area contributed by atoms with E-state index < -0.39 is 0 Å². The van der Waals surface area contributed by atoms with Crippen molar-refractivity contribution in [3.05, 3.63) is 48.2 Å². The van der Waals surface area contributed by atoms with Gasteiger partial charge in [0.2, 0.25) is 5.88 Å². The highest BCUT2D eigenvalue weighted by molar-refractivity contribution is 5.74. The van der Waals surface area contributed by atoms with Crippen LogP contribution in [0.5, 0.6) is 17.4 Å². The van der Waals surface area contributed by atoms with E-state index in [1.165, 1.54) is 0 Å². The van der Waals surface area contributed by atoms with Crippen molar-refractivity contribution in [2.45, 2.75) is 6.92 Å². The SMILES string of the molecule is COc1cc(N)ccc1Oc1nc2ccccc2nc1C. The van der Waals surface area contributed by atoms with Crippen LogP contribution in [0.25, 0.3) is 11.0 Å². The zero-order chi connectivity index (χ0) is 14.8. The van der Waals surface area contributed by atoms with Gasteiger partial charge in [-0.1, -0.05) is 12.1 Å². The number of fused-ring (bicyclic) bond motifs is 1. The maximum atomic E-state index is 5.84. The van der Waals surface area contributed by atoms with Crippen LogP contribution < -0.4 is 15.2 Å². The molecule has 0 radical (unpaired) electrons. The first-order chi connectivity index (χ1) is 10.2. The van der Waals surface area contributed by atoms with E-state index in [-0.39, 0.29) is 0 Å². The van der Waals surface area contributed by atoms with Gasteiger partial charge in [0.15, 0.2) is 11.5 Å². The van der Waals surface area contributed by atoms with Crippen LogP contribution in [-0.2, 0) is 0 Å². The Morgan fingerprint density at radius 1 is 0.952 bits per heavy atom. The number of hydrogen-bond acceptors (Lipinski definition) is 5. The molecule has 0 aliphatic heterocycles. The van der Waals surface area contributed by atoms with Crippen molar-refractivity contribution in [2.75, 3.05) is 12.8 Å². The van der Waals surface area contributed by atoms with Crippen LogP contribution >= 0.6 is 0 Å². The topological polar surface area (TPSA) is 70.3 Å². The smallest absolute Gasteiger partial charge is 0.241 e. The van der Waals surface area contributed by atoms with Crippen LogP contribution in [0.2, 0.25) is 0 Å². The summed E-state index contributed by atoms with van der Waals surface area (Å²) in [5.74, 6) is 1.57. The van der Waals surface area contributed by atoms with Crippen molar-refractivity contribution in [3.8, 4) is 17.4 Å². The number of hydrogen-bond donors (Lipinski definition) is 1. The molecule has 2 aromatic carbocycles. The minimum atomic E-state index is 0.455. The molecular formula is C16H15N3O2. The maximum Gasteiger partial charge on any atom is 0.241 e. The van der Waals surface area contributed by atoms with Crippen LogP contribution in [0.15, 0.2) is 42.5 Å². The number of ether oxygens (including phenoxy) is 2. The van der Waals surface area contributed by atoms with Crippen molar-refractivity contribution in [3.63, 3.8) is 0 Å². The van der Waals surface area contributed by atoms with Gasteiger partial charge in [0, 0.05) is 11.8 Å². The molecule has 2 N–H and O–H groups in total. The number of para-hydroxylation sites is 2. The van der Waals surface area contributed by atoms with Crippen LogP contribution in [0.1, 0.15) is 5.69 Å². The molecular weight excluding hydrogens is 266 g/mol. The third-order valence-electron chi connectivity index (χ3n) is 3.10. The fourth-order valence-corrected chi connectivity index (χ4v) is 2.04. The molecule has 0 amide bonds. The standard InChI is InChI=1S/C16H15N3O2/c1-10-16(19-13-6-4-3-5-12(13)18-10)21-14-8-7-11(17)9-15(14)20-2/h3-9H,17H2,1-2H3. The number of aryl methyl sites for hydroxylation is 1. The lowest BCUT2D eigenvalue weighted by Crippen LogP contribution is -1.98. The summed E-state index contributed by atoms with van der Waals surface area (Å²) in [7, 11) is 1.57. The minimum Gasteiger partial charge on any atom is -0.493 e. The quantitative estimate of drug-likeness (QED) is 0.746. The van der Waals surface area contributed by atoms with Gasteiger partial charge in [-0.25, -0.2) is 9.97 Å². The molecule has 1 heterocycles. The fraction of sp³-hybridized carbons (Fsp3) is 0.125. The molecule has 0 spiro atoms. The summed E-state index contributed by atoms with van der Waals surface area (Å²) in [6.45, 7) is 1.86. The molecule has 21 heavy (non-hydrogen) atoms. The van der Waals surface area contributed by atoms with E-state index in [4.69, 9.17) is 15.2 Å². The maximum absolute atomic E-state index is 5.84. The first kappa shape index (κ1) is 13.2. The normalized spacial score (nSPS) is 10.6. The van der Waals surface area contributed by atoms with Crippen LogP contribution in [-0.4, -0.2) is 17.1 Å². The van der Waals surface area contributed by atoms with Crippen molar-refractivity contribution in [2.24, 2.45) is 0 Å². The van der Waals surface area contributed by atoms with Gasteiger partial charge in [0.25, 0.3) is 0 Å². The summed E-state index contributed by atoms with van der Waals surface area (Å²) in [4.78, 5) is 8.99. The third-order valence-corrected chi connectivity index (χ3v) is 3.10. The molecule has 3 aromatic rings. The third kappa shape index (κ3) is 2.58. The summed E-state index contributed by atoms with van der Waals surface area (Å²) < 4.78 is 11.1. The summed E-state index contributed by atoms with van der Waals surface area (Å²) >= 11 is 0. The van der Waals surface area contributed by atoms with Crippen LogP contribution in [0, 0.1) is 6.92 Å². The minimum absolute atomic E-state index is 0.455. The van der Waals surface area contributed by atoms with E-state index in [2.05, 4.69) is 9.97 Å². The molecule has 0 aliphatic rings. The molecule has 0 unspecified atom stereocenters. The monoisotopic (exact) mass is 281 g/mol. The lowest BCUT2D eigenvalue weighted by molar-refractivity contribution is 0.373. The Hall–Kier alpha value is -2.82. The van der Waals surface area contributed by atoms with Gasteiger partial charge >= 0.3 is 0 Å². The molecule has 1 aromatic heterocycles. The van der Waals surface area contributed by atoms with Crippen molar-refractivity contribution in [1.82, 2.24) is 9.97 Å². The number of rotatable bonds is 3. The molecule has 0 fully saturated rings. The number of nitrogens with zero attached hydrogens (tertiary/aromatic N) is 2. The second-order valence-corrected chi connectivity index (χ2v) is 4.62. The van der Waals surface area contributed by atoms with E-state index in [0.717, 1.165) is 11.0 Å². The number of benzene rings is 2. The molecule has 3 rings (SSSR count). The number of nitrogen functional groups attached to an aromatic ring is 1. The van der Waals surface area contributed by atoms with Gasteiger partial charge in [0.05, 0.1) is 18.1 Å². The Balaban J connectivity index is 2.03. The number of methoxy groups -OCH3 is 1. The zero-order valence-corrected chi connectivity index (χ0v) is 11.8. The van der Waals surface area contributed by atoms with Crippen molar-refractivity contribution >= 4 is 16.7 Å². The van der Waals surface area contributed by atoms with Gasteiger partial charge in [-0.05, 0) is 31.2 Å². The summed E-state index contributed by atoms with van der Waals surface area (Å²) in [6.07, 6.45) is 0. The molecule has 0 atom stereocenters. The molecule has 106 valence electrons. The van der Waals surface area contributed by atoms with Gasteiger partial charge in [-0.3, -0.25) is 0 Å². The van der Waals surface area contributed by atoms with Gasteiger partial charge < -0.3 is 15.2 Å². The highest BCUT2D eigenvalue weighted by Gasteiger charge is 2.11. The van der Waals surface area contributed by atoms with Crippen LogP contribution in [0.3, 0.4) is 0 Å². The summed E-state index contributed by atoms with van der Waals surface area (Å²) in [6, 6.07) is 12.9. The highest BCUT2D eigenvalue weighted by Crippen LogP contribution is 2.33. The Morgan fingerprint density at radius 2 is 1.67 bits per heavy atom. The van der Waals surface area contributed by atoms with Gasteiger partial charge in [-0.2, -0.15) is 0 Å². The Morgan fingerprint density at radius 3 is 2.38 bits per heavy atom. The van der Waals surface area contributed by atoms with Crippen molar-refractivity contribution in [1.29, 1.82) is 0 Å². The van der Waals surface area contributed by atoms with E-state index in [9.17, 15) is 0 Å². The Bertz CT molecular complexity index is 803. The summed E-state index contributed by atoms with van der Waals surface area (Å²) in [5, 5.41) is 0. The second kappa shape index (κ2) is 5.28. The van der Waals surface area contributed by atoms with Crippen molar-refractivity contribution < 1.29 is 9.47 Å². The predicted molar refractivity (Wildman–Crippen MR) is 81.8 cm³/mol. The molecule has 5 nitrogen and oxygen atoms in total. The van der Waals surface area contributed by atoms with E-state index >= 15 is 0 Å². The van der Waals surface area contributed by atoms with E-state index in [0.29, 0.717) is 28.8 Å². The number of anilines is 1. The summed E-state index contributed by atoms with van der Waals surface area (Å²) in [5.41, 5.74) is 8.69. The lowest BCUT2D eigenvalue weighted by Gasteiger charge is -2.12. The average molecular weight is 281 g/mol. The molecule has 0 saturated carbocycles. The predicted octanol–water partition coefficient (Wildman–Crippen LogP) is 3.32. The van der Waals surface area contributed by atoms with Crippen LogP contribution in [0.4, 0.5) is 5.69 Å². The highest BCUT2D eigenvalue weighted by atomic mass is 16.5. The second-order valence-electron chi connectivity index (χ2n) is 4.62. The Labute approximate surface area is 122 Å². The first-order valence-electron chi connectivity index (χ1n) is 6.52. The zero-order valence-electron chi connectivity index (χ0n) is 11.8. The fourth-order valence-electron chi connectivity index (χ4n) is 2.04. The van der Waals surface area contributed by atoms with E-state index in [1.54, 1.807) is 25.3 Å².